The standard InChI is InChI=1S/C24H26N2O2/c27-23(17-11-12-17)25-19-8-3-7-18(15-19)24(28)26(20-13-14-20)22-10-4-6-16-5-1-2-9-21(16)22/h1-3,5,7-9,15,17,20,22H,4,6,10-14H2,(H,25,27). The molecular weight excluding hydrogens is 348 g/mol. The van der Waals surface area contributed by atoms with Crippen molar-refractivity contribution >= 4 is 17.5 Å². The lowest BCUT2D eigenvalue weighted by Crippen LogP contribution is -2.38. The summed E-state index contributed by atoms with van der Waals surface area (Å²) in [7, 11) is 0. The molecule has 0 aromatic heterocycles. The number of nitrogens with one attached hydrogen (secondary N) is 1. The molecule has 0 radical (unpaired) electrons. The van der Waals surface area contributed by atoms with Gasteiger partial charge in [-0.3, -0.25) is 9.59 Å². The zero-order valence-corrected chi connectivity index (χ0v) is 16.1. The van der Waals surface area contributed by atoms with Crippen LogP contribution in [0.15, 0.2) is 48.5 Å². The minimum atomic E-state index is 0.0739. The minimum absolute atomic E-state index is 0.0739. The van der Waals surface area contributed by atoms with E-state index in [0.717, 1.165) is 50.6 Å². The first kappa shape index (κ1) is 17.5. The molecule has 2 aromatic rings. The van der Waals surface area contributed by atoms with Gasteiger partial charge < -0.3 is 10.2 Å². The molecule has 144 valence electrons. The second-order valence-electron chi connectivity index (χ2n) is 8.39. The molecule has 1 atom stereocenters. The summed E-state index contributed by atoms with van der Waals surface area (Å²) in [5.41, 5.74) is 4.08. The minimum Gasteiger partial charge on any atom is -0.329 e. The number of fused-ring (bicyclic) bond motifs is 1. The molecule has 0 spiro atoms. The monoisotopic (exact) mass is 374 g/mol. The molecule has 5 rings (SSSR count). The highest BCUT2D eigenvalue weighted by Crippen LogP contribution is 2.41. The van der Waals surface area contributed by atoms with E-state index in [9.17, 15) is 9.59 Å². The van der Waals surface area contributed by atoms with Gasteiger partial charge in [0.2, 0.25) is 5.91 Å². The molecule has 1 N–H and O–H groups in total. The molecule has 2 amide bonds. The third-order valence-electron chi connectivity index (χ3n) is 6.17. The lowest BCUT2D eigenvalue weighted by atomic mass is 9.86. The molecule has 4 nitrogen and oxygen atoms in total. The van der Waals surface area contributed by atoms with Gasteiger partial charge in [-0.15, -0.1) is 0 Å². The zero-order valence-electron chi connectivity index (χ0n) is 16.1. The number of hydrogen-bond donors (Lipinski definition) is 1. The van der Waals surface area contributed by atoms with Gasteiger partial charge in [0, 0.05) is 23.2 Å². The average Bonchev–Trinajstić information content (AvgIpc) is 3.62. The summed E-state index contributed by atoms with van der Waals surface area (Å²) in [6.07, 6.45) is 7.36. The van der Waals surface area contributed by atoms with Crippen LogP contribution >= 0.6 is 0 Å². The van der Waals surface area contributed by atoms with Crippen molar-refractivity contribution in [3.05, 3.63) is 65.2 Å². The smallest absolute Gasteiger partial charge is 0.254 e. The molecule has 0 bridgehead atoms. The van der Waals surface area contributed by atoms with Crippen molar-refractivity contribution < 1.29 is 9.59 Å². The number of hydrogen-bond acceptors (Lipinski definition) is 2. The second kappa shape index (κ2) is 7.08. The van der Waals surface area contributed by atoms with E-state index >= 15 is 0 Å². The van der Waals surface area contributed by atoms with Gasteiger partial charge in [-0.05, 0) is 74.3 Å². The van der Waals surface area contributed by atoms with E-state index < -0.39 is 0 Å². The van der Waals surface area contributed by atoms with Crippen LogP contribution < -0.4 is 5.32 Å². The summed E-state index contributed by atoms with van der Waals surface area (Å²) in [4.78, 5) is 27.7. The Morgan fingerprint density at radius 3 is 2.54 bits per heavy atom. The number of amides is 2. The summed E-state index contributed by atoms with van der Waals surface area (Å²) >= 11 is 0. The quantitative estimate of drug-likeness (QED) is 0.823. The van der Waals surface area contributed by atoms with E-state index in [0.29, 0.717) is 11.6 Å². The topological polar surface area (TPSA) is 49.4 Å². The molecule has 28 heavy (non-hydrogen) atoms. The normalized spacial score (nSPS) is 20.9. The summed E-state index contributed by atoms with van der Waals surface area (Å²) < 4.78 is 0. The molecule has 0 heterocycles. The van der Waals surface area contributed by atoms with E-state index in [4.69, 9.17) is 0 Å². The zero-order chi connectivity index (χ0) is 19.1. The van der Waals surface area contributed by atoms with E-state index in [1.165, 1.54) is 11.1 Å². The Morgan fingerprint density at radius 2 is 1.75 bits per heavy atom. The van der Waals surface area contributed by atoms with Gasteiger partial charge in [-0.2, -0.15) is 0 Å². The fourth-order valence-electron chi connectivity index (χ4n) is 4.40. The van der Waals surface area contributed by atoms with Crippen LogP contribution in [0.5, 0.6) is 0 Å². The Labute approximate surface area is 165 Å². The third-order valence-corrected chi connectivity index (χ3v) is 6.17. The number of carbonyl (C=O) groups is 2. The van der Waals surface area contributed by atoms with Gasteiger partial charge in [-0.25, -0.2) is 0 Å². The van der Waals surface area contributed by atoms with E-state index in [2.05, 4.69) is 34.5 Å². The summed E-state index contributed by atoms with van der Waals surface area (Å²) in [5, 5.41) is 2.97. The van der Waals surface area contributed by atoms with E-state index in [1.807, 2.05) is 24.3 Å². The van der Waals surface area contributed by atoms with Gasteiger partial charge in [0.25, 0.3) is 5.91 Å². The largest absolute Gasteiger partial charge is 0.329 e. The van der Waals surface area contributed by atoms with Crippen molar-refractivity contribution in [2.24, 2.45) is 5.92 Å². The molecule has 3 aliphatic rings. The molecule has 1 unspecified atom stereocenters. The van der Waals surface area contributed by atoms with Gasteiger partial charge in [0.1, 0.15) is 0 Å². The molecule has 2 saturated carbocycles. The van der Waals surface area contributed by atoms with Crippen molar-refractivity contribution in [2.45, 2.75) is 57.0 Å². The molecule has 2 fully saturated rings. The maximum absolute atomic E-state index is 13.5. The second-order valence-corrected chi connectivity index (χ2v) is 8.39. The van der Waals surface area contributed by atoms with Gasteiger partial charge in [0.15, 0.2) is 0 Å². The highest BCUT2D eigenvalue weighted by atomic mass is 16.2. The van der Waals surface area contributed by atoms with Crippen molar-refractivity contribution in [1.29, 1.82) is 0 Å². The average molecular weight is 374 g/mol. The fraction of sp³-hybridized carbons (Fsp3) is 0.417. The van der Waals surface area contributed by atoms with Gasteiger partial charge in [0.05, 0.1) is 6.04 Å². The first-order chi connectivity index (χ1) is 13.7. The first-order valence-corrected chi connectivity index (χ1v) is 10.5. The Morgan fingerprint density at radius 1 is 0.929 bits per heavy atom. The Balaban J connectivity index is 1.42. The van der Waals surface area contributed by atoms with Crippen molar-refractivity contribution in [1.82, 2.24) is 4.90 Å². The molecule has 3 aliphatic carbocycles. The fourth-order valence-corrected chi connectivity index (χ4v) is 4.40. The predicted molar refractivity (Wildman–Crippen MR) is 109 cm³/mol. The van der Waals surface area contributed by atoms with Crippen LogP contribution in [0.1, 0.15) is 66.1 Å². The number of rotatable bonds is 5. The van der Waals surface area contributed by atoms with Gasteiger partial charge >= 0.3 is 0 Å². The highest BCUT2D eigenvalue weighted by Gasteiger charge is 2.39. The van der Waals surface area contributed by atoms with Crippen LogP contribution in [0.2, 0.25) is 0 Å². The predicted octanol–water partition coefficient (Wildman–Crippen LogP) is 4.72. The highest BCUT2D eigenvalue weighted by molar-refractivity contribution is 5.98. The number of carbonyl (C=O) groups excluding carboxylic acids is 2. The molecule has 4 heteroatoms. The molecule has 2 aromatic carbocycles. The number of benzene rings is 2. The lowest BCUT2D eigenvalue weighted by Gasteiger charge is -2.36. The van der Waals surface area contributed by atoms with Crippen LogP contribution in [-0.4, -0.2) is 22.8 Å². The van der Waals surface area contributed by atoms with Crippen LogP contribution in [0.25, 0.3) is 0 Å². The first-order valence-electron chi connectivity index (χ1n) is 10.5. The number of aryl methyl sites for hydroxylation is 1. The Kier molecular flexibility index (Phi) is 4.42. The molecular formula is C24H26N2O2. The lowest BCUT2D eigenvalue weighted by molar-refractivity contribution is -0.117. The maximum atomic E-state index is 13.5. The van der Waals surface area contributed by atoms with Gasteiger partial charge in [-0.1, -0.05) is 30.3 Å². The van der Waals surface area contributed by atoms with E-state index in [1.54, 1.807) is 0 Å². The summed E-state index contributed by atoms with van der Waals surface area (Å²) in [6, 6.07) is 16.5. The van der Waals surface area contributed by atoms with Crippen molar-refractivity contribution in [3.8, 4) is 0 Å². The van der Waals surface area contributed by atoms with Crippen LogP contribution in [-0.2, 0) is 11.2 Å². The van der Waals surface area contributed by atoms with Crippen LogP contribution in [0.4, 0.5) is 5.69 Å². The maximum Gasteiger partial charge on any atom is 0.254 e. The molecule has 0 saturated heterocycles. The third kappa shape index (κ3) is 3.44. The van der Waals surface area contributed by atoms with Crippen LogP contribution in [0.3, 0.4) is 0 Å². The SMILES string of the molecule is O=C(Nc1cccc(C(=O)N(C2CC2)C2CCCc3ccccc32)c1)C1CC1. The Hall–Kier alpha value is -2.62. The summed E-state index contributed by atoms with van der Waals surface area (Å²) in [6.45, 7) is 0. The van der Waals surface area contributed by atoms with Crippen LogP contribution in [0, 0.1) is 5.92 Å². The van der Waals surface area contributed by atoms with Crippen molar-refractivity contribution in [2.75, 3.05) is 5.32 Å². The number of anilines is 1. The van der Waals surface area contributed by atoms with E-state index in [-0.39, 0.29) is 23.8 Å². The Bertz CT molecular complexity index is 914. The van der Waals surface area contributed by atoms with Crippen molar-refractivity contribution in [3.63, 3.8) is 0 Å². The number of nitrogens with zero attached hydrogens (tertiary/aromatic N) is 1. The molecule has 0 aliphatic heterocycles. The summed E-state index contributed by atoms with van der Waals surface area (Å²) in [5.74, 6) is 0.317.